The molecule has 4 nitrogen and oxygen atoms in total. The average Bonchev–Trinajstić information content (AvgIpc) is 3.29. The van der Waals surface area contributed by atoms with E-state index in [1.165, 1.54) is 5.56 Å². The molecular formula is C25H26N2O2S. The van der Waals surface area contributed by atoms with Crippen molar-refractivity contribution in [3.8, 4) is 5.75 Å². The second-order valence-electron chi connectivity index (χ2n) is 7.21. The molecule has 2 amide bonds. The van der Waals surface area contributed by atoms with E-state index in [0.717, 1.165) is 34.7 Å². The number of rotatable bonds is 6. The van der Waals surface area contributed by atoms with Gasteiger partial charge < -0.3 is 15.0 Å². The van der Waals surface area contributed by atoms with Crippen LogP contribution in [0.15, 0.2) is 78.9 Å². The van der Waals surface area contributed by atoms with Gasteiger partial charge in [0.05, 0.1) is 0 Å². The third-order valence-corrected chi connectivity index (χ3v) is 6.43. The maximum absolute atomic E-state index is 13.0. The lowest BCUT2D eigenvalue weighted by Gasteiger charge is -2.26. The highest BCUT2D eigenvalue weighted by Gasteiger charge is 2.32. The van der Waals surface area contributed by atoms with Gasteiger partial charge in [-0.1, -0.05) is 67.6 Å². The van der Waals surface area contributed by atoms with Crippen LogP contribution in [0.1, 0.15) is 29.0 Å². The minimum Gasteiger partial charge on any atom is -0.489 e. The molecule has 1 saturated heterocycles. The summed E-state index contributed by atoms with van der Waals surface area (Å²) in [7, 11) is 0. The predicted octanol–water partition coefficient (Wildman–Crippen LogP) is 6.11. The van der Waals surface area contributed by atoms with Gasteiger partial charge in [0.25, 0.3) is 0 Å². The smallest absolute Gasteiger partial charge is 0.323 e. The van der Waals surface area contributed by atoms with Crippen molar-refractivity contribution in [2.45, 2.75) is 25.3 Å². The van der Waals surface area contributed by atoms with Crippen molar-refractivity contribution in [3.05, 3.63) is 95.6 Å². The van der Waals surface area contributed by atoms with Crippen LogP contribution in [0.5, 0.6) is 5.75 Å². The summed E-state index contributed by atoms with van der Waals surface area (Å²) in [6, 6.07) is 26.1. The molecule has 1 atom stereocenters. The molecule has 4 rings (SSSR count). The number of nitrogens with one attached hydrogen (secondary N) is 1. The highest BCUT2D eigenvalue weighted by atomic mass is 32.2. The summed E-state index contributed by atoms with van der Waals surface area (Å²) in [5.41, 5.74) is 4.23. The Kier molecular flexibility index (Phi) is 6.60. The summed E-state index contributed by atoms with van der Waals surface area (Å²) in [5, 5.41) is 2.98. The Morgan fingerprint density at radius 1 is 1.00 bits per heavy atom. The molecule has 0 aromatic heterocycles. The van der Waals surface area contributed by atoms with Crippen LogP contribution < -0.4 is 10.1 Å². The monoisotopic (exact) mass is 418 g/mol. The number of thioether (sulfide) groups is 1. The fourth-order valence-corrected chi connectivity index (χ4v) is 4.79. The predicted molar refractivity (Wildman–Crippen MR) is 124 cm³/mol. The molecule has 0 saturated carbocycles. The summed E-state index contributed by atoms with van der Waals surface area (Å²) >= 11 is 1.77. The maximum atomic E-state index is 13.0. The number of anilines is 1. The molecule has 1 N–H and O–H groups in total. The Hall–Kier alpha value is -2.92. The number of carbonyl (C=O) groups is 1. The summed E-state index contributed by atoms with van der Waals surface area (Å²) in [6.45, 7) is 3.34. The zero-order chi connectivity index (χ0) is 20.8. The largest absolute Gasteiger partial charge is 0.489 e. The van der Waals surface area contributed by atoms with Gasteiger partial charge in [-0.05, 0) is 35.7 Å². The third kappa shape index (κ3) is 4.79. The Morgan fingerprint density at radius 3 is 2.50 bits per heavy atom. The van der Waals surface area contributed by atoms with E-state index in [-0.39, 0.29) is 11.4 Å². The van der Waals surface area contributed by atoms with E-state index in [0.29, 0.717) is 13.2 Å². The van der Waals surface area contributed by atoms with Crippen molar-refractivity contribution in [2.24, 2.45) is 0 Å². The number of amides is 2. The quantitative estimate of drug-likeness (QED) is 0.525. The molecule has 0 bridgehead atoms. The van der Waals surface area contributed by atoms with Crippen LogP contribution in [-0.2, 0) is 13.0 Å². The zero-order valence-electron chi connectivity index (χ0n) is 17.1. The second kappa shape index (κ2) is 9.72. The highest BCUT2D eigenvalue weighted by molar-refractivity contribution is 7.99. The Morgan fingerprint density at radius 2 is 1.73 bits per heavy atom. The summed E-state index contributed by atoms with van der Waals surface area (Å²) in [4.78, 5) is 14.9. The summed E-state index contributed by atoms with van der Waals surface area (Å²) < 4.78 is 6.14. The van der Waals surface area contributed by atoms with Crippen LogP contribution in [0, 0.1) is 0 Å². The van der Waals surface area contributed by atoms with Gasteiger partial charge in [-0.25, -0.2) is 4.79 Å². The number of nitrogens with zero attached hydrogens (tertiary/aromatic N) is 1. The topological polar surface area (TPSA) is 41.6 Å². The summed E-state index contributed by atoms with van der Waals surface area (Å²) in [5.74, 6) is 1.73. The molecule has 5 heteroatoms. The van der Waals surface area contributed by atoms with E-state index >= 15 is 0 Å². The minimum atomic E-state index is -0.0767. The van der Waals surface area contributed by atoms with Gasteiger partial charge in [-0.15, -0.1) is 11.8 Å². The fraction of sp³-hybridized carbons (Fsp3) is 0.240. The van der Waals surface area contributed by atoms with Gasteiger partial charge >= 0.3 is 6.03 Å². The van der Waals surface area contributed by atoms with Crippen molar-refractivity contribution in [1.29, 1.82) is 0 Å². The van der Waals surface area contributed by atoms with E-state index in [2.05, 4.69) is 42.6 Å². The molecule has 1 aliphatic rings. The molecule has 0 spiro atoms. The van der Waals surface area contributed by atoms with Gasteiger partial charge in [0.1, 0.15) is 17.7 Å². The number of benzene rings is 3. The van der Waals surface area contributed by atoms with Gasteiger partial charge in [0.15, 0.2) is 0 Å². The van der Waals surface area contributed by atoms with Crippen LogP contribution >= 0.6 is 11.8 Å². The van der Waals surface area contributed by atoms with Crippen LogP contribution in [0.25, 0.3) is 0 Å². The van der Waals surface area contributed by atoms with E-state index in [1.807, 2.05) is 53.4 Å². The number of hydrogen-bond donors (Lipinski definition) is 1. The Bertz CT molecular complexity index is 976. The molecule has 0 radical (unpaired) electrons. The number of ether oxygens (including phenoxy) is 1. The molecule has 1 aliphatic heterocycles. The Labute approximate surface area is 182 Å². The maximum Gasteiger partial charge on any atom is 0.323 e. The standard InChI is InChI=1S/C25H26N2O2S/c1-2-19-12-14-21(15-13-19)26-25(28)27-16-17-30-24(27)22-10-6-7-11-23(22)29-18-20-8-4-3-5-9-20/h3-15,24H,2,16-18H2,1H3,(H,26,28). The van der Waals surface area contributed by atoms with Crippen molar-refractivity contribution in [3.63, 3.8) is 0 Å². The number of hydrogen-bond acceptors (Lipinski definition) is 3. The van der Waals surface area contributed by atoms with Gasteiger partial charge in [-0.2, -0.15) is 0 Å². The molecule has 1 fully saturated rings. The molecule has 1 unspecified atom stereocenters. The van der Waals surface area contributed by atoms with Crippen LogP contribution in [0.3, 0.4) is 0 Å². The van der Waals surface area contributed by atoms with E-state index in [4.69, 9.17) is 4.74 Å². The number of carbonyl (C=O) groups excluding carboxylic acids is 1. The highest BCUT2D eigenvalue weighted by Crippen LogP contribution is 2.42. The lowest BCUT2D eigenvalue weighted by molar-refractivity contribution is 0.213. The van der Waals surface area contributed by atoms with Crippen molar-refractivity contribution >= 4 is 23.5 Å². The van der Waals surface area contributed by atoms with Gasteiger partial charge in [-0.3, -0.25) is 0 Å². The lowest BCUT2D eigenvalue weighted by atomic mass is 10.1. The van der Waals surface area contributed by atoms with Crippen LogP contribution in [0.2, 0.25) is 0 Å². The van der Waals surface area contributed by atoms with E-state index in [9.17, 15) is 4.79 Å². The molecule has 1 heterocycles. The third-order valence-electron chi connectivity index (χ3n) is 5.19. The molecule has 30 heavy (non-hydrogen) atoms. The molecular weight excluding hydrogens is 392 g/mol. The van der Waals surface area contributed by atoms with E-state index < -0.39 is 0 Å². The first-order valence-corrected chi connectivity index (χ1v) is 11.3. The summed E-state index contributed by atoms with van der Waals surface area (Å²) in [6.07, 6.45) is 0.985. The number of aryl methyl sites for hydroxylation is 1. The second-order valence-corrected chi connectivity index (χ2v) is 8.40. The van der Waals surface area contributed by atoms with Crippen molar-refractivity contribution in [2.75, 3.05) is 17.6 Å². The minimum absolute atomic E-state index is 0.0631. The molecule has 0 aliphatic carbocycles. The fourth-order valence-electron chi connectivity index (χ4n) is 3.51. The van der Waals surface area contributed by atoms with Gasteiger partial charge in [0, 0.05) is 23.5 Å². The molecule has 3 aromatic rings. The van der Waals surface area contributed by atoms with Crippen LogP contribution in [0.4, 0.5) is 10.5 Å². The first kappa shape index (κ1) is 20.4. The SMILES string of the molecule is CCc1ccc(NC(=O)N2CCSC2c2ccccc2OCc2ccccc2)cc1. The van der Waals surface area contributed by atoms with Crippen molar-refractivity contribution in [1.82, 2.24) is 4.90 Å². The normalized spacial score (nSPS) is 15.8. The average molecular weight is 419 g/mol. The lowest BCUT2D eigenvalue weighted by Crippen LogP contribution is -2.34. The number of para-hydroxylation sites is 1. The molecule has 154 valence electrons. The first-order chi connectivity index (χ1) is 14.7. The molecule has 3 aromatic carbocycles. The Balaban J connectivity index is 1.48. The van der Waals surface area contributed by atoms with Crippen molar-refractivity contribution < 1.29 is 9.53 Å². The van der Waals surface area contributed by atoms with Crippen LogP contribution in [-0.4, -0.2) is 23.2 Å². The van der Waals surface area contributed by atoms with E-state index in [1.54, 1.807) is 11.8 Å². The van der Waals surface area contributed by atoms with Gasteiger partial charge in [0.2, 0.25) is 0 Å². The zero-order valence-corrected chi connectivity index (χ0v) is 17.9. The number of urea groups is 1. The first-order valence-electron chi connectivity index (χ1n) is 10.3.